The second-order valence-corrected chi connectivity index (χ2v) is 17.2. The van der Waals surface area contributed by atoms with Crippen molar-refractivity contribution < 1.29 is 0 Å². The first-order chi connectivity index (χ1) is 18.6. The molecule has 196 valence electrons. The van der Waals surface area contributed by atoms with E-state index in [1.54, 1.807) is 15.9 Å². The SMILES string of the molecule is CC(C)(C)c1ccc2c(c1)Cc1c-2ccc(C(C)(C)C)c1[Si](C1=CC=CC1)(c1ccccc1)c1ccccc1. The maximum Gasteiger partial charge on any atom is 0.176 e. The van der Waals surface area contributed by atoms with Gasteiger partial charge in [-0.05, 0) is 72.6 Å². The molecule has 0 saturated carbocycles. The van der Waals surface area contributed by atoms with Crippen molar-refractivity contribution in [2.24, 2.45) is 0 Å². The Hall–Kier alpha value is -3.42. The molecule has 0 aromatic heterocycles. The highest BCUT2D eigenvalue weighted by Crippen LogP contribution is 2.42. The second-order valence-electron chi connectivity index (χ2n) is 13.4. The summed E-state index contributed by atoms with van der Waals surface area (Å²) in [6.07, 6.45) is 9.10. The fraction of sp³-hybridized carbons (Fsp3) is 0.263. The first-order valence-electron chi connectivity index (χ1n) is 14.4. The Balaban J connectivity index is 1.74. The van der Waals surface area contributed by atoms with Crippen molar-refractivity contribution in [1.82, 2.24) is 0 Å². The lowest BCUT2D eigenvalue weighted by atomic mass is 9.84. The summed E-state index contributed by atoms with van der Waals surface area (Å²) in [5, 5.41) is 6.17. The van der Waals surface area contributed by atoms with Gasteiger partial charge in [-0.1, -0.05) is 156 Å². The Morgan fingerprint density at radius 3 is 1.79 bits per heavy atom. The predicted molar refractivity (Wildman–Crippen MR) is 171 cm³/mol. The standard InChI is InChI=1S/C38H40Si/c1-37(2,3)28-21-22-32-27(25-28)26-34-33(32)23-24-35(38(4,5)6)36(34)39(31-19-13-14-20-31,29-15-9-7-10-16-29)30-17-11-8-12-18-30/h7-19,21-25H,20,26H2,1-6H3. The fourth-order valence-corrected chi connectivity index (χ4v) is 12.6. The van der Waals surface area contributed by atoms with Crippen LogP contribution < -0.4 is 15.6 Å². The van der Waals surface area contributed by atoms with Crippen LogP contribution in [0, 0.1) is 0 Å². The van der Waals surface area contributed by atoms with Gasteiger partial charge in [-0.15, -0.1) is 0 Å². The van der Waals surface area contributed by atoms with Gasteiger partial charge in [0.15, 0.2) is 8.07 Å². The molecule has 0 amide bonds. The monoisotopic (exact) mass is 524 g/mol. The molecule has 0 bridgehead atoms. The minimum absolute atomic E-state index is 0.0180. The molecule has 4 aromatic rings. The Kier molecular flexibility index (Phi) is 6.19. The van der Waals surface area contributed by atoms with E-state index >= 15 is 0 Å². The average molecular weight is 525 g/mol. The molecule has 0 aliphatic heterocycles. The summed E-state index contributed by atoms with van der Waals surface area (Å²) < 4.78 is 0. The van der Waals surface area contributed by atoms with Crippen LogP contribution in [-0.4, -0.2) is 8.07 Å². The highest BCUT2D eigenvalue weighted by Gasteiger charge is 2.48. The zero-order valence-electron chi connectivity index (χ0n) is 24.3. The molecule has 0 N–H and O–H groups in total. The van der Waals surface area contributed by atoms with Gasteiger partial charge in [-0.3, -0.25) is 0 Å². The molecule has 39 heavy (non-hydrogen) atoms. The lowest BCUT2D eigenvalue weighted by Gasteiger charge is -2.40. The number of fused-ring (bicyclic) bond motifs is 3. The van der Waals surface area contributed by atoms with E-state index in [1.807, 2.05) is 0 Å². The third-order valence-electron chi connectivity index (χ3n) is 8.79. The van der Waals surface area contributed by atoms with Gasteiger partial charge in [0.2, 0.25) is 0 Å². The molecule has 2 aliphatic rings. The topological polar surface area (TPSA) is 0 Å². The van der Waals surface area contributed by atoms with Crippen molar-refractivity contribution in [3.63, 3.8) is 0 Å². The largest absolute Gasteiger partial charge is 0.176 e. The van der Waals surface area contributed by atoms with E-state index in [4.69, 9.17) is 0 Å². The van der Waals surface area contributed by atoms with E-state index in [0.717, 1.165) is 12.8 Å². The predicted octanol–water partition coefficient (Wildman–Crippen LogP) is 7.75. The molecular formula is C38H40Si. The van der Waals surface area contributed by atoms with Crippen LogP contribution in [0.1, 0.15) is 70.2 Å². The summed E-state index contributed by atoms with van der Waals surface area (Å²) in [7, 11) is -2.59. The van der Waals surface area contributed by atoms with Crippen LogP contribution in [0.25, 0.3) is 11.1 Å². The molecule has 0 saturated heterocycles. The highest BCUT2D eigenvalue weighted by molar-refractivity contribution is 7.16. The minimum Gasteiger partial charge on any atom is -0.0808 e. The fourth-order valence-electron chi connectivity index (χ4n) is 6.89. The van der Waals surface area contributed by atoms with Gasteiger partial charge >= 0.3 is 0 Å². The van der Waals surface area contributed by atoms with Crippen LogP contribution in [0.2, 0.25) is 0 Å². The van der Waals surface area contributed by atoms with Crippen LogP contribution >= 0.6 is 0 Å². The van der Waals surface area contributed by atoms with Gasteiger partial charge < -0.3 is 0 Å². The van der Waals surface area contributed by atoms with Crippen LogP contribution in [0.3, 0.4) is 0 Å². The summed E-state index contributed by atoms with van der Waals surface area (Å²) in [5.41, 5.74) is 8.95. The van der Waals surface area contributed by atoms with Crippen molar-refractivity contribution >= 4 is 23.6 Å². The molecule has 0 heterocycles. The smallest absolute Gasteiger partial charge is 0.0808 e. The summed E-state index contributed by atoms with van der Waals surface area (Å²) in [6.45, 7) is 14.2. The molecule has 0 nitrogen and oxygen atoms in total. The summed E-state index contributed by atoms with van der Waals surface area (Å²) in [6, 6.07) is 35.1. The lowest BCUT2D eigenvalue weighted by Crippen LogP contribution is -2.70. The first-order valence-corrected chi connectivity index (χ1v) is 16.4. The molecule has 0 fully saturated rings. The number of allylic oxidation sites excluding steroid dienone is 4. The quantitative estimate of drug-likeness (QED) is 0.167. The molecule has 0 spiro atoms. The van der Waals surface area contributed by atoms with Gasteiger partial charge in [0.25, 0.3) is 0 Å². The number of rotatable bonds is 4. The van der Waals surface area contributed by atoms with E-state index < -0.39 is 8.07 Å². The maximum atomic E-state index is 2.49. The molecule has 1 heteroatoms. The normalized spacial score (nSPS) is 14.8. The maximum absolute atomic E-state index is 2.59. The number of hydrogen-bond donors (Lipinski definition) is 0. The van der Waals surface area contributed by atoms with E-state index in [1.165, 1.54) is 38.2 Å². The zero-order chi connectivity index (χ0) is 27.4. The Morgan fingerprint density at radius 2 is 1.26 bits per heavy atom. The van der Waals surface area contributed by atoms with Crippen LogP contribution in [0.4, 0.5) is 0 Å². The third-order valence-corrected chi connectivity index (χ3v) is 13.8. The molecule has 6 rings (SSSR count). The van der Waals surface area contributed by atoms with E-state index in [-0.39, 0.29) is 10.8 Å². The van der Waals surface area contributed by atoms with Gasteiger partial charge in [0.05, 0.1) is 0 Å². The van der Waals surface area contributed by atoms with Crippen molar-refractivity contribution in [3.8, 4) is 11.1 Å². The van der Waals surface area contributed by atoms with Gasteiger partial charge in [-0.25, -0.2) is 0 Å². The average Bonchev–Trinajstić information content (AvgIpc) is 3.58. The van der Waals surface area contributed by atoms with Crippen molar-refractivity contribution in [3.05, 3.63) is 137 Å². The lowest BCUT2D eigenvalue weighted by molar-refractivity contribution is 0.590. The third kappa shape index (κ3) is 4.19. The van der Waals surface area contributed by atoms with Gasteiger partial charge in [0.1, 0.15) is 0 Å². The highest BCUT2D eigenvalue weighted by atomic mass is 28.3. The Labute approximate surface area is 236 Å². The number of benzene rings is 4. The molecule has 0 unspecified atom stereocenters. The molecule has 0 atom stereocenters. The van der Waals surface area contributed by atoms with Crippen LogP contribution in [-0.2, 0) is 17.3 Å². The number of hydrogen-bond acceptors (Lipinski definition) is 0. The van der Waals surface area contributed by atoms with E-state index in [2.05, 4.69) is 151 Å². The van der Waals surface area contributed by atoms with E-state index in [0.29, 0.717) is 0 Å². The Bertz CT molecular complexity index is 1550. The van der Waals surface area contributed by atoms with E-state index in [9.17, 15) is 0 Å². The van der Waals surface area contributed by atoms with Crippen molar-refractivity contribution in [2.75, 3.05) is 0 Å². The van der Waals surface area contributed by atoms with Crippen LogP contribution in [0.15, 0.2) is 114 Å². The molecular weight excluding hydrogens is 485 g/mol. The summed E-state index contributed by atoms with van der Waals surface area (Å²) >= 11 is 0. The summed E-state index contributed by atoms with van der Waals surface area (Å²) in [4.78, 5) is 0. The molecule has 2 aliphatic carbocycles. The zero-order valence-corrected chi connectivity index (χ0v) is 25.3. The van der Waals surface area contributed by atoms with Gasteiger partial charge in [-0.2, -0.15) is 0 Å². The summed E-state index contributed by atoms with van der Waals surface area (Å²) in [5.74, 6) is 0. The molecule has 0 radical (unpaired) electrons. The van der Waals surface area contributed by atoms with Gasteiger partial charge in [0, 0.05) is 0 Å². The Morgan fingerprint density at radius 1 is 0.641 bits per heavy atom. The van der Waals surface area contributed by atoms with Crippen LogP contribution in [0.5, 0.6) is 0 Å². The first kappa shape index (κ1) is 25.8. The van der Waals surface area contributed by atoms with Crippen molar-refractivity contribution in [2.45, 2.75) is 65.2 Å². The minimum atomic E-state index is -2.59. The molecule has 4 aromatic carbocycles. The van der Waals surface area contributed by atoms with Crippen molar-refractivity contribution in [1.29, 1.82) is 0 Å². The second kappa shape index (κ2) is 9.35.